The second kappa shape index (κ2) is 64.4. The second-order valence-electron chi connectivity index (χ2n) is 23.9. The third kappa shape index (κ3) is 48.2. The molecule has 2 aromatic rings. The molecule has 2 aromatic heterocycles. The number of unbranched alkanes of at least 4 members (excludes halogenated alkanes) is 1. The Bertz CT molecular complexity index is 2410. The molecule has 3 heterocycles. The van der Waals surface area contributed by atoms with Crippen LogP contribution in [0.4, 0.5) is 5.82 Å². The Morgan fingerprint density at radius 3 is 1.11 bits per heavy atom. The average Bonchev–Trinajstić information content (AvgIpc) is 1.63. The van der Waals surface area contributed by atoms with Crippen molar-refractivity contribution in [1.82, 2.24) is 35.3 Å². The molecule has 1 fully saturated rings. The van der Waals surface area contributed by atoms with Gasteiger partial charge >= 0.3 is 0 Å². The van der Waals surface area contributed by atoms with Gasteiger partial charge in [-0.15, -0.1) is 10.2 Å². The molecule has 0 unspecified atom stereocenters. The highest BCUT2D eigenvalue weighted by Gasteiger charge is 2.27. The van der Waals surface area contributed by atoms with Gasteiger partial charge in [-0.25, -0.2) is 4.98 Å². The van der Waals surface area contributed by atoms with Crippen LogP contribution in [0.1, 0.15) is 78.0 Å². The maximum absolute atomic E-state index is 12.6. The van der Waals surface area contributed by atoms with Gasteiger partial charge in [-0.2, -0.15) is 0 Å². The van der Waals surface area contributed by atoms with Crippen LogP contribution in [0, 0.1) is 11.8 Å². The predicted octanol–water partition coefficient (Wildman–Crippen LogP) is 2.61. The van der Waals surface area contributed by atoms with Crippen molar-refractivity contribution in [3.05, 3.63) is 18.0 Å². The highest BCUT2D eigenvalue weighted by atomic mass is 16.6. The molecular weight excluding hydrogens is 1350 g/mol. The summed E-state index contributed by atoms with van der Waals surface area (Å²) in [5.41, 5.74) is 7.75. The summed E-state index contributed by atoms with van der Waals surface area (Å²) in [4.78, 5) is 53.4. The van der Waals surface area contributed by atoms with Crippen molar-refractivity contribution < 1.29 is 119 Å². The van der Waals surface area contributed by atoms with Crippen LogP contribution in [-0.2, 0) is 127 Å². The molecule has 0 bridgehead atoms. The number of aryl methyl sites for hydroxylation is 1. The number of anilines is 1. The first-order chi connectivity index (χ1) is 50.7. The molecule has 1 aliphatic heterocycles. The summed E-state index contributed by atoms with van der Waals surface area (Å²) >= 11 is 0. The number of imide groups is 1. The summed E-state index contributed by atoms with van der Waals surface area (Å²) in [5.74, 6) is 1.70. The van der Waals surface area contributed by atoms with Crippen LogP contribution >= 0.6 is 0 Å². The number of nitrogens with zero attached hydrogens (tertiary/aromatic N) is 5. The molecule has 1 aliphatic carbocycles. The molecule has 4 N–H and O–H groups in total. The summed E-state index contributed by atoms with van der Waals surface area (Å²) < 4.78 is 119. The fraction of sp³-hybridized carbons (Fsp3) is 0.843. The molecule has 0 spiro atoms. The zero-order valence-corrected chi connectivity index (χ0v) is 61.9. The van der Waals surface area contributed by atoms with E-state index >= 15 is 0 Å². The Morgan fingerprint density at radius 2 is 0.767 bits per heavy atom. The van der Waals surface area contributed by atoms with Gasteiger partial charge in [-0.05, 0) is 57.8 Å². The van der Waals surface area contributed by atoms with Crippen molar-refractivity contribution in [3.8, 4) is 5.88 Å². The first-order valence-corrected chi connectivity index (χ1v) is 37.0. The van der Waals surface area contributed by atoms with Gasteiger partial charge in [0.15, 0.2) is 5.82 Å². The smallest absolute Gasteiger partial charge is 0.260 e. The highest BCUT2D eigenvalue weighted by Crippen LogP contribution is 2.34. The molecule has 1 saturated carbocycles. The van der Waals surface area contributed by atoms with E-state index in [2.05, 4.69) is 32.3 Å². The third-order valence-corrected chi connectivity index (χ3v) is 15.4. The Balaban J connectivity index is 0.727. The van der Waals surface area contributed by atoms with E-state index in [-0.39, 0.29) is 30.9 Å². The number of ether oxygens (including phenoxy) is 21. The molecule has 0 saturated heterocycles. The molecule has 4 amide bonds. The first kappa shape index (κ1) is 90.6. The van der Waals surface area contributed by atoms with Crippen molar-refractivity contribution in [2.24, 2.45) is 11.8 Å². The summed E-state index contributed by atoms with van der Waals surface area (Å²) in [6.45, 7) is 26.0. The number of fused-ring (bicyclic) bond motifs is 1. The zero-order chi connectivity index (χ0) is 73.4. The lowest BCUT2D eigenvalue weighted by molar-refractivity contribution is -0.137. The van der Waals surface area contributed by atoms with Gasteiger partial charge < -0.3 is 120 Å². The van der Waals surface area contributed by atoms with Gasteiger partial charge in [-0.3, -0.25) is 24.1 Å². The summed E-state index contributed by atoms with van der Waals surface area (Å²) in [5, 5.41) is 14.2. The number of carbonyl (C=O) groups excluding carboxylic acids is 4. The number of hydrogen-bond acceptors (Lipinski definition) is 29. The van der Waals surface area contributed by atoms with Crippen LogP contribution in [0.2, 0.25) is 0 Å². The normalized spacial score (nSPS) is 14.7. The van der Waals surface area contributed by atoms with E-state index in [1.165, 1.54) is 12.2 Å². The number of amides is 4. The molecule has 0 aromatic carbocycles. The Morgan fingerprint density at radius 1 is 0.447 bits per heavy atom. The molecule has 0 atom stereocenters. The number of nitrogen functional groups attached to an aromatic ring is 1. The van der Waals surface area contributed by atoms with Gasteiger partial charge in [0, 0.05) is 57.6 Å². The molecule has 0 radical (unpaired) electrons. The number of aromatic nitrogens is 4. The maximum Gasteiger partial charge on any atom is 0.260 e. The maximum atomic E-state index is 12.6. The summed E-state index contributed by atoms with van der Waals surface area (Å²) in [7, 11) is 0. The zero-order valence-electron chi connectivity index (χ0n) is 61.9. The molecule has 594 valence electrons. The number of nitrogens with two attached hydrogens (primary N) is 1. The van der Waals surface area contributed by atoms with Gasteiger partial charge in [0.25, 0.3) is 17.7 Å². The molecule has 33 nitrogen and oxygen atoms in total. The van der Waals surface area contributed by atoms with Crippen molar-refractivity contribution in [2.75, 3.05) is 290 Å². The molecule has 4 rings (SSSR count). The quantitative estimate of drug-likeness (QED) is 0.0633. The highest BCUT2D eigenvalue weighted by molar-refractivity contribution is 6.13. The van der Waals surface area contributed by atoms with E-state index in [4.69, 9.17) is 110 Å². The number of rotatable bonds is 75. The molecular formula is C70H124N8O25. The fourth-order valence-electron chi connectivity index (χ4n) is 10.00. The lowest BCUT2D eigenvalue weighted by Crippen LogP contribution is -2.35. The van der Waals surface area contributed by atoms with Crippen LogP contribution in [0.25, 0.3) is 11.0 Å². The van der Waals surface area contributed by atoms with Crippen LogP contribution in [0.3, 0.4) is 0 Å². The minimum Gasteiger partial charge on any atom is -0.472 e. The topological polar surface area (TPSA) is 359 Å². The fourth-order valence-corrected chi connectivity index (χ4v) is 10.00. The Kier molecular flexibility index (Phi) is 56.6. The van der Waals surface area contributed by atoms with Gasteiger partial charge in [0.2, 0.25) is 11.8 Å². The van der Waals surface area contributed by atoms with E-state index in [1.54, 1.807) is 0 Å². The summed E-state index contributed by atoms with van der Waals surface area (Å²) in [6, 6.07) is 0. The van der Waals surface area contributed by atoms with Crippen molar-refractivity contribution in [3.63, 3.8) is 0 Å². The molecule has 103 heavy (non-hydrogen) atoms. The lowest BCUT2D eigenvalue weighted by atomic mass is 9.82. The second-order valence-corrected chi connectivity index (χ2v) is 23.9. The predicted molar refractivity (Wildman–Crippen MR) is 377 cm³/mol. The molecule has 33 heteroatoms. The van der Waals surface area contributed by atoms with Crippen molar-refractivity contribution >= 4 is 40.5 Å². The molecule has 2 aliphatic rings. The van der Waals surface area contributed by atoms with E-state index in [9.17, 15) is 19.2 Å². The van der Waals surface area contributed by atoms with Gasteiger partial charge in [0.1, 0.15) is 16.9 Å². The minimum absolute atomic E-state index is 0.00625. The monoisotopic (exact) mass is 1480 g/mol. The largest absolute Gasteiger partial charge is 0.472 e. The van der Waals surface area contributed by atoms with Crippen molar-refractivity contribution in [1.29, 1.82) is 0 Å². The van der Waals surface area contributed by atoms with Crippen LogP contribution < -0.4 is 21.1 Å². The standard InChI is InChI=1S/C70H124N8O25/c1-4-5-6-62-74-67-68(70(103-59(2)3)76-75-69(67)71)78(62)58-61-9-7-60(8-10-61)57-73-64(80)14-17-83-19-21-85-23-25-87-27-29-89-31-33-91-35-37-93-39-41-95-43-45-97-47-49-99-51-53-101-55-56-102-54-52-100-50-48-98-46-44-96-42-40-94-38-36-92-34-32-90-30-28-88-26-24-86-22-20-84-18-15-72-63(79)13-16-77-65(81)11-12-66(77)82/h11-12,59-61H,4-10,13-58H2,1-3H3,(H2,71,75)(H,72,79)(H,73,80). The van der Waals surface area contributed by atoms with E-state index < -0.39 is 11.8 Å². The Hall–Kier alpha value is -4.83. The third-order valence-electron chi connectivity index (χ3n) is 15.4. The van der Waals surface area contributed by atoms with Crippen molar-refractivity contribution in [2.45, 2.75) is 91.2 Å². The first-order valence-electron chi connectivity index (χ1n) is 37.0. The number of imidazole rings is 1. The average molecular weight is 1480 g/mol. The number of nitrogens with one attached hydrogen (secondary N) is 2. The van der Waals surface area contributed by atoms with Gasteiger partial charge in [0.05, 0.1) is 270 Å². The van der Waals surface area contributed by atoms with E-state index in [1.807, 2.05) is 13.8 Å². The van der Waals surface area contributed by atoms with Crippen LogP contribution in [0.15, 0.2) is 12.2 Å². The number of hydrogen-bond donors (Lipinski definition) is 3. The van der Waals surface area contributed by atoms with Gasteiger partial charge in [-0.1, -0.05) is 13.3 Å². The van der Waals surface area contributed by atoms with Crippen LogP contribution in [-0.4, -0.2) is 338 Å². The van der Waals surface area contributed by atoms with Crippen LogP contribution in [0.5, 0.6) is 5.88 Å². The Labute approximate surface area is 608 Å². The minimum atomic E-state index is -0.403. The van der Waals surface area contributed by atoms with E-state index in [0.29, 0.717) is 313 Å². The SMILES string of the molecule is CCCCc1nc2c(N)nnc(OC(C)C)c2n1CC1CCC(CNC(=O)CCOCCOCCOCCOCCOCCOCCOCCOCCOCCOCCOCCOCCOCCOCCOCCOCCOCCOCCOCCOCCNC(=O)CCN2C(=O)C=CC2=O)CC1. The lowest BCUT2D eigenvalue weighted by Gasteiger charge is -2.29. The summed E-state index contributed by atoms with van der Waals surface area (Å²) in [6.07, 6.45) is 9.93. The van der Waals surface area contributed by atoms with E-state index in [0.717, 1.165) is 67.7 Å². The number of carbonyl (C=O) groups is 4.